The Kier molecular flexibility index (Phi) is 6.87. The van der Waals surface area contributed by atoms with Gasteiger partial charge in [-0.2, -0.15) is 0 Å². The summed E-state index contributed by atoms with van der Waals surface area (Å²) < 4.78 is 13.5. The van der Waals surface area contributed by atoms with Crippen LogP contribution in [0.2, 0.25) is 0 Å². The highest BCUT2D eigenvalue weighted by atomic mass is 32.2. The second-order valence-corrected chi connectivity index (χ2v) is 9.87. The zero-order valence-electron chi connectivity index (χ0n) is 19.8. The topological polar surface area (TPSA) is 49.4 Å². The fraction of sp³-hybridized carbons (Fsp3) is 0.133. The van der Waals surface area contributed by atoms with Crippen LogP contribution < -0.4 is 10.2 Å². The largest absolute Gasteiger partial charge is 0.352 e. The van der Waals surface area contributed by atoms with E-state index in [4.69, 9.17) is 0 Å². The highest BCUT2D eigenvalue weighted by Crippen LogP contribution is 2.42. The van der Waals surface area contributed by atoms with Gasteiger partial charge < -0.3 is 10.2 Å². The highest BCUT2D eigenvalue weighted by molar-refractivity contribution is 7.99. The molecular formula is C30H25FN2O2S. The first kappa shape index (κ1) is 23.8. The molecule has 0 saturated carbocycles. The molecule has 1 aliphatic heterocycles. The van der Waals surface area contributed by atoms with Crippen molar-refractivity contribution in [3.05, 3.63) is 125 Å². The third kappa shape index (κ3) is 5.19. The molecule has 4 aromatic rings. The van der Waals surface area contributed by atoms with Crippen molar-refractivity contribution < 1.29 is 14.0 Å². The molecule has 4 aromatic carbocycles. The lowest BCUT2D eigenvalue weighted by Gasteiger charge is -2.24. The summed E-state index contributed by atoms with van der Waals surface area (Å²) >= 11 is 1.51. The van der Waals surface area contributed by atoms with Gasteiger partial charge in [0.05, 0.1) is 17.8 Å². The first-order chi connectivity index (χ1) is 17.5. The third-order valence-corrected chi connectivity index (χ3v) is 7.31. The Labute approximate surface area is 214 Å². The SMILES string of the molecule is Cc1ccc(CCNC(=O)c2ccc3c(c2)N(Cc2ccc(F)cc2)C(=O)c2ccccc2S3)cc1. The molecule has 5 rings (SSSR count). The zero-order chi connectivity index (χ0) is 25.1. The van der Waals surface area contributed by atoms with Crippen molar-refractivity contribution in [1.82, 2.24) is 5.32 Å². The van der Waals surface area contributed by atoms with Gasteiger partial charge in [-0.3, -0.25) is 9.59 Å². The molecular weight excluding hydrogens is 471 g/mol. The number of nitrogens with one attached hydrogen (secondary N) is 1. The Morgan fingerprint density at radius 2 is 1.61 bits per heavy atom. The second-order valence-electron chi connectivity index (χ2n) is 8.79. The van der Waals surface area contributed by atoms with Crippen molar-refractivity contribution in [2.45, 2.75) is 29.7 Å². The van der Waals surface area contributed by atoms with Gasteiger partial charge in [0.25, 0.3) is 11.8 Å². The lowest BCUT2D eigenvalue weighted by Crippen LogP contribution is -2.31. The summed E-state index contributed by atoms with van der Waals surface area (Å²) in [5.74, 6) is -0.671. The maximum atomic E-state index is 13.6. The number of nitrogens with zero attached hydrogens (tertiary/aromatic N) is 1. The number of hydrogen-bond donors (Lipinski definition) is 1. The first-order valence-corrected chi connectivity index (χ1v) is 12.6. The molecule has 0 radical (unpaired) electrons. The number of amides is 2. The number of anilines is 1. The van der Waals surface area contributed by atoms with Crippen LogP contribution in [0, 0.1) is 12.7 Å². The van der Waals surface area contributed by atoms with Crippen LogP contribution in [-0.4, -0.2) is 18.4 Å². The third-order valence-electron chi connectivity index (χ3n) is 6.17. The van der Waals surface area contributed by atoms with Gasteiger partial charge in [0, 0.05) is 21.9 Å². The minimum atomic E-state index is -0.327. The monoisotopic (exact) mass is 496 g/mol. The Bertz CT molecular complexity index is 1420. The lowest BCUT2D eigenvalue weighted by atomic mass is 10.1. The number of aryl methyl sites for hydroxylation is 1. The van der Waals surface area contributed by atoms with E-state index in [0.717, 1.165) is 27.3 Å². The summed E-state index contributed by atoms with van der Waals surface area (Å²) in [6, 6.07) is 27.3. The number of carbonyl (C=O) groups is 2. The van der Waals surface area contributed by atoms with E-state index in [0.29, 0.717) is 23.4 Å². The molecule has 0 atom stereocenters. The van der Waals surface area contributed by atoms with E-state index in [9.17, 15) is 14.0 Å². The van der Waals surface area contributed by atoms with Gasteiger partial charge in [-0.1, -0.05) is 65.9 Å². The fourth-order valence-corrected chi connectivity index (χ4v) is 5.23. The van der Waals surface area contributed by atoms with E-state index in [2.05, 4.69) is 29.6 Å². The van der Waals surface area contributed by atoms with Crippen LogP contribution in [-0.2, 0) is 13.0 Å². The Balaban J connectivity index is 1.42. The van der Waals surface area contributed by atoms with Gasteiger partial charge >= 0.3 is 0 Å². The first-order valence-electron chi connectivity index (χ1n) is 11.8. The smallest absolute Gasteiger partial charge is 0.259 e. The molecule has 6 heteroatoms. The van der Waals surface area contributed by atoms with Gasteiger partial charge in [-0.25, -0.2) is 4.39 Å². The summed E-state index contributed by atoms with van der Waals surface area (Å²) in [6.07, 6.45) is 0.733. The van der Waals surface area contributed by atoms with Crippen LogP contribution in [0.5, 0.6) is 0 Å². The minimum Gasteiger partial charge on any atom is -0.352 e. The fourth-order valence-electron chi connectivity index (χ4n) is 4.17. The van der Waals surface area contributed by atoms with Crippen molar-refractivity contribution in [1.29, 1.82) is 0 Å². The second kappa shape index (κ2) is 10.4. The van der Waals surface area contributed by atoms with Crippen LogP contribution in [0.1, 0.15) is 37.4 Å². The van der Waals surface area contributed by atoms with Gasteiger partial charge in [-0.05, 0) is 66.9 Å². The van der Waals surface area contributed by atoms with E-state index in [-0.39, 0.29) is 24.2 Å². The van der Waals surface area contributed by atoms with Crippen LogP contribution >= 0.6 is 11.8 Å². The summed E-state index contributed by atoms with van der Waals surface area (Å²) in [7, 11) is 0. The summed E-state index contributed by atoms with van der Waals surface area (Å²) in [6.45, 7) is 2.82. The van der Waals surface area contributed by atoms with Crippen LogP contribution in [0.25, 0.3) is 0 Å². The predicted octanol–water partition coefficient (Wildman–Crippen LogP) is 6.42. The normalized spacial score (nSPS) is 12.5. The number of hydrogen-bond acceptors (Lipinski definition) is 3. The molecule has 1 N–H and O–H groups in total. The van der Waals surface area contributed by atoms with Gasteiger partial charge in [0.1, 0.15) is 5.82 Å². The molecule has 0 saturated heterocycles. The molecule has 0 spiro atoms. The average Bonchev–Trinajstić information content (AvgIpc) is 3.00. The van der Waals surface area contributed by atoms with Gasteiger partial charge in [0.2, 0.25) is 0 Å². The molecule has 36 heavy (non-hydrogen) atoms. The molecule has 2 amide bonds. The molecule has 0 aliphatic carbocycles. The van der Waals surface area contributed by atoms with E-state index in [1.165, 1.54) is 29.5 Å². The number of rotatable bonds is 6. The molecule has 1 heterocycles. The van der Waals surface area contributed by atoms with E-state index in [1.54, 1.807) is 29.2 Å². The van der Waals surface area contributed by atoms with Gasteiger partial charge in [0.15, 0.2) is 0 Å². The molecule has 0 aromatic heterocycles. The van der Waals surface area contributed by atoms with Crippen LogP contribution in [0.3, 0.4) is 0 Å². The van der Waals surface area contributed by atoms with E-state index in [1.807, 2.05) is 37.3 Å². The van der Waals surface area contributed by atoms with E-state index >= 15 is 0 Å². The number of fused-ring (bicyclic) bond motifs is 2. The summed E-state index contributed by atoms with van der Waals surface area (Å²) in [4.78, 5) is 30.1. The average molecular weight is 497 g/mol. The molecule has 4 nitrogen and oxygen atoms in total. The number of carbonyl (C=O) groups excluding carboxylic acids is 2. The maximum Gasteiger partial charge on any atom is 0.259 e. The van der Waals surface area contributed by atoms with Crippen molar-refractivity contribution in [3.8, 4) is 0 Å². The van der Waals surface area contributed by atoms with Crippen LogP contribution in [0.15, 0.2) is 101 Å². The summed E-state index contributed by atoms with van der Waals surface area (Å²) in [5, 5.41) is 2.99. The van der Waals surface area contributed by atoms with E-state index < -0.39 is 0 Å². The predicted molar refractivity (Wildman–Crippen MR) is 141 cm³/mol. The number of halogens is 1. The molecule has 0 unspecified atom stereocenters. The quantitative estimate of drug-likeness (QED) is 0.335. The standard InChI is InChI=1S/C30H25FN2O2S/c1-20-6-8-21(9-7-20)16-17-32-29(34)23-12-15-28-26(18-23)33(19-22-10-13-24(31)14-11-22)30(35)25-4-2-3-5-27(25)36-28/h2-15,18H,16-17,19H2,1H3,(H,32,34). The van der Waals surface area contributed by atoms with Gasteiger partial charge in [-0.15, -0.1) is 0 Å². The maximum absolute atomic E-state index is 13.6. The van der Waals surface area contributed by atoms with Crippen molar-refractivity contribution >= 4 is 29.3 Å². The molecule has 0 bridgehead atoms. The van der Waals surface area contributed by atoms with Crippen LogP contribution in [0.4, 0.5) is 10.1 Å². The van der Waals surface area contributed by atoms with Crippen molar-refractivity contribution in [3.63, 3.8) is 0 Å². The molecule has 0 fully saturated rings. The number of benzene rings is 4. The minimum absolute atomic E-state index is 0.155. The summed E-state index contributed by atoms with van der Waals surface area (Å²) in [5.41, 5.74) is 4.91. The molecule has 1 aliphatic rings. The van der Waals surface area contributed by atoms with Crippen molar-refractivity contribution in [2.24, 2.45) is 0 Å². The van der Waals surface area contributed by atoms with Crippen molar-refractivity contribution in [2.75, 3.05) is 11.4 Å². The zero-order valence-corrected chi connectivity index (χ0v) is 20.6. The Hall–Kier alpha value is -3.90. The Morgan fingerprint density at radius 3 is 2.39 bits per heavy atom. The highest BCUT2D eigenvalue weighted by Gasteiger charge is 2.28. The molecule has 180 valence electrons. The Morgan fingerprint density at radius 1 is 0.889 bits per heavy atom. The lowest BCUT2D eigenvalue weighted by molar-refractivity contribution is 0.0950.